The third-order valence-electron chi connectivity index (χ3n) is 1.41. The fourth-order valence-corrected chi connectivity index (χ4v) is 1.71. The Kier molecular flexibility index (Phi) is 1.33. The van der Waals surface area contributed by atoms with Gasteiger partial charge < -0.3 is 0 Å². The van der Waals surface area contributed by atoms with Gasteiger partial charge in [-0.1, -0.05) is 30.2 Å². The molecule has 2 atom stereocenters. The zero-order valence-corrected chi connectivity index (χ0v) is 5.61. The standard InChI is InChI=1S/C6H7N2S/c1-2-4-6-5(3-1)7-8-9-6/h1-2,4-8H. The van der Waals surface area contributed by atoms with E-state index in [-0.39, 0.29) is 0 Å². The molecule has 0 aromatic rings. The highest BCUT2D eigenvalue weighted by Crippen LogP contribution is 2.20. The molecule has 1 saturated heterocycles. The van der Waals surface area contributed by atoms with Crippen LogP contribution in [0.2, 0.25) is 0 Å². The van der Waals surface area contributed by atoms with Crippen LogP contribution in [0.5, 0.6) is 0 Å². The summed E-state index contributed by atoms with van der Waals surface area (Å²) in [6, 6.07) is 0.375. The van der Waals surface area contributed by atoms with Crippen LogP contribution in [0.3, 0.4) is 0 Å². The lowest BCUT2D eigenvalue weighted by molar-refractivity contribution is 0.623. The van der Waals surface area contributed by atoms with Crippen LogP contribution in [0.4, 0.5) is 0 Å². The molecule has 0 aromatic carbocycles. The molecule has 1 aliphatic heterocycles. The molecule has 2 unspecified atom stereocenters. The van der Waals surface area contributed by atoms with Crippen molar-refractivity contribution in [3.63, 3.8) is 0 Å². The first-order chi connectivity index (χ1) is 4.47. The fourth-order valence-electron chi connectivity index (χ4n) is 0.927. The van der Waals surface area contributed by atoms with Gasteiger partial charge in [0.1, 0.15) is 0 Å². The molecule has 0 aromatic heterocycles. The van der Waals surface area contributed by atoms with Gasteiger partial charge in [0.05, 0.1) is 11.3 Å². The Balaban J connectivity index is 2.18. The van der Waals surface area contributed by atoms with E-state index in [2.05, 4.69) is 22.4 Å². The van der Waals surface area contributed by atoms with Crippen molar-refractivity contribution in [3.8, 4) is 0 Å². The zero-order chi connectivity index (χ0) is 6.10. The number of allylic oxidation sites excluding steroid dienone is 2. The van der Waals surface area contributed by atoms with Gasteiger partial charge in [-0.05, 0) is 6.08 Å². The minimum absolute atomic E-state index is 0.375. The lowest BCUT2D eigenvalue weighted by Gasteiger charge is -2.09. The molecule has 1 aliphatic carbocycles. The van der Waals surface area contributed by atoms with E-state index in [9.17, 15) is 0 Å². The van der Waals surface area contributed by atoms with E-state index < -0.39 is 0 Å². The molecule has 1 fully saturated rings. The van der Waals surface area contributed by atoms with Crippen LogP contribution >= 0.6 is 11.9 Å². The maximum absolute atomic E-state index is 3.17. The molecule has 0 amide bonds. The molecule has 0 bridgehead atoms. The van der Waals surface area contributed by atoms with Gasteiger partial charge >= 0.3 is 0 Å². The molecule has 47 valence electrons. The molecule has 2 rings (SSSR count). The van der Waals surface area contributed by atoms with Gasteiger partial charge in [0.15, 0.2) is 0 Å². The van der Waals surface area contributed by atoms with Crippen molar-refractivity contribution in [2.45, 2.75) is 11.3 Å². The highest BCUT2D eigenvalue weighted by Gasteiger charge is 2.24. The Bertz CT molecular complexity index is 146. The third-order valence-corrected chi connectivity index (χ3v) is 2.35. The second-order valence-electron chi connectivity index (χ2n) is 2.02. The molecular formula is C6H7N2S. The molecule has 2 nitrogen and oxygen atoms in total. The van der Waals surface area contributed by atoms with Crippen molar-refractivity contribution in [2.24, 2.45) is 0 Å². The summed E-state index contributed by atoms with van der Waals surface area (Å²) in [4.78, 5) is 3.00. The van der Waals surface area contributed by atoms with Crippen molar-refractivity contribution in [1.29, 1.82) is 0 Å². The van der Waals surface area contributed by atoms with Crippen LogP contribution in [-0.2, 0) is 0 Å². The minimum atomic E-state index is 0.375. The predicted molar refractivity (Wildman–Crippen MR) is 38.4 cm³/mol. The number of rotatable bonds is 0. The van der Waals surface area contributed by atoms with E-state index in [1.165, 1.54) is 0 Å². The Hall–Kier alpha value is -0.250. The molecule has 2 aliphatic rings. The lowest BCUT2D eigenvalue weighted by Crippen LogP contribution is -2.31. The van der Waals surface area contributed by atoms with Crippen LogP contribution in [0.25, 0.3) is 0 Å². The molecular weight excluding hydrogens is 132 g/mol. The van der Waals surface area contributed by atoms with Crippen molar-refractivity contribution in [2.75, 3.05) is 0 Å². The smallest absolute Gasteiger partial charge is 0.0641 e. The molecule has 2 N–H and O–H groups in total. The van der Waals surface area contributed by atoms with E-state index in [0.29, 0.717) is 11.3 Å². The summed E-state index contributed by atoms with van der Waals surface area (Å²) in [5.74, 6) is 0. The number of hydrogen-bond acceptors (Lipinski definition) is 3. The summed E-state index contributed by atoms with van der Waals surface area (Å²) < 4.78 is 0. The van der Waals surface area contributed by atoms with E-state index in [4.69, 9.17) is 0 Å². The Labute approximate surface area is 58.5 Å². The number of fused-ring (bicyclic) bond motifs is 1. The highest BCUT2D eigenvalue weighted by molar-refractivity contribution is 7.98. The first-order valence-electron chi connectivity index (χ1n) is 2.89. The predicted octanol–water partition coefficient (Wildman–Crippen LogP) is 0.409. The van der Waals surface area contributed by atoms with Gasteiger partial charge in [0.25, 0.3) is 0 Å². The van der Waals surface area contributed by atoms with Crippen LogP contribution in [0.15, 0.2) is 18.2 Å². The van der Waals surface area contributed by atoms with Gasteiger partial charge in [0, 0.05) is 0 Å². The maximum Gasteiger partial charge on any atom is 0.0641 e. The summed E-state index contributed by atoms with van der Waals surface area (Å²) in [5, 5.41) is 0.537. The summed E-state index contributed by atoms with van der Waals surface area (Å²) in [7, 11) is 0. The van der Waals surface area contributed by atoms with E-state index in [0.717, 1.165) is 0 Å². The summed E-state index contributed by atoms with van der Waals surface area (Å²) >= 11 is 1.70. The zero-order valence-electron chi connectivity index (χ0n) is 4.79. The van der Waals surface area contributed by atoms with Crippen molar-refractivity contribution < 1.29 is 0 Å². The Morgan fingerprint density at radius 1 is 1.56 bits per heavy atom. The normalized spacial score (nSPS) is 39.1. The molecule has 1 radical (unpaired) electrons. The maximum atomic E-state index is 3.17. The van der Waals surface area contributed by atoms with Crippen molar-refractivity contribution in [1.82, 2.24) is 10.3 Å². The largest absolute Gasteiger partial charge is 0.239 e. The Morgan fingerprint density at radius 3 is 3.44 bits per heavy atom. The van der Waals surface area contributed by atoms with Crippen LogP contribution < -0.4 is 10.3 Å². The lowest BCUT2D eigenvalue weighted by atomic mass is 10.1. The first-order valence-corrected chi connectivity index (χ1v) is 3.77. The molecule has 0 spiro atoms. The highest BCUT2D eigenvalue weighted by atomic mass is 32.2. The summed E-state index contributed by atoms with van der Waals surface area (Å²) in [6.45, 7) is 0. The summed E-state index contributed by atoms with van der Waals surface area (Å²) in [5.41, 5.74) is 3.08. The van der Waals surface area contributed by atoms with Gasteiger partial charge in [-0.3, -0.25) is 0 Å². The second-order valence-corrected chi connectivity index (χ2v) is 3.01. The molecule has 9 heavy (non-hydrogen) atoms. The average molecular weight is 139 g/mol. The SMILES string of the molecule is [C]1=CC=CC2SNNC12. The molecule has 3 heteroatoms. The first kappa shape index (κ1) is 5.53. The van der Waals surface area contributed by atoms with Crippen LogP contribution in [0, 0.1) is 6.08 Å². The number of nitrogens with one attached hydrogen (secondary N) is 2. The van der Waals surface area contributed by atoms with Gasteiger partial charge in [0.2, 0.25) is 0 Å². The molecule has 1 heterocycles. The van der Waals surface area contributed by atoms with Gasteiger partial charge in [-0.25, -0.2) is 5.43 Å². The average Bonchev–Trinajstić information content (AvgIpc) is 2.33. The number of hydrazine groups is 1. The minimum Gasteiger partial charge on any atom is -0.239 e. The van der Waals surface area contributed by atoms with Gasteiger partial charge in [-0.2, -0.15) is 4.83 Å². The third kappa shape index (κ3) is 0.913. The Morgan fingerprint density at radius 2 is 2.56 bits per heavy atom. The second kappa shape index (κ2) is 2.17. The van der Waals surface area contributed by atoms with E-state index in [1.807, 2.05) is 12.2 Å². The van der Waals surface area contributed by atoms with Crippen LogP contribution in [0.1, 0.15) is 0 Å². The quantitative estimate of drug-likeness (QED) is 0.475. The van der Waals surface area contributed by atoms with E-state index >= 15 is 0 Å². The van der Waals surface area contributed by atoms with Crippen molar-refractivity contribution >= 4 is 11.9 Å². The monoisotopic (exact) mass is 139 g/mol. The van der Waals surface area contributed by atoms with Crippen LogP contribution in [-0.4, -0.2) is 11.3 Å². The fraction of sp³-hybridized carbons (Fsp3) is 0.333. The summed E-state index contributed by atoms with van der Waals surface area (Å²) in [6.07, 6.45) is 9.32. The number of hydrogen-bond donors (Lipinski definition) is 2. The van der Waals surface area contributed by atoms with Gasteiger partial charge in [-0.15, -0.1) is 0 Å². The molecule has 0 saturated carbocycles. The van der Waals surface area contributed by atoms with Crippen molar-refractivity contribution in [3.05, 3.63) is 24.3 Å². The van der Waals surface area contributed by atoms with E-state index in [1.54, 1.807) is 11.9 Å². The topological polar surface area (TPSA) is 24.1 Å².